The number of aliphatic hydroxyl groups is 1. The summed E-state index contributed by atoms with van der Waals surface area (Å²) in [5.74, 6) is 0.838. The van der Waals surface area contributed by atoms with E-state index in [0.29, 0.717) is 23.9 Å². The van der Waals surface area contributed by atoms with Crippen molar-refractivity contribution in [2.45, 2.75) is 25.4 Å². The third-order valence-corrected chi connectivity index (χ3v) is 3.50. The summed E-state index contributed by atoms with van der Waals surface area (Å²) >= 11 is 0. The molecule has 2 rings (SSSR count). The Balaban J connectivity index is 2.04. The maximum atomic E-state index is 11.0. The fourth-order valence-electron chi connectivity index (χ4n) is 2.43. The second-order valence-corrected chi connectivity index (χ2v) is 4.85. The molecule has 104 valence electrons. The smallest absolute Gasteiger partial charge is 0.296 e. The first-order valence-corrected chi connectivity index (χ1v) is 6.34. The van der Waals surface area contributed by atoms with Crippen LogP contribution in [0.3, 0.4) is 0 Å². The van der Waals surface area contributed by atoms with Gasteiger partial charge in [-0.1, -0.05) is 0 Å². The van der Waals surface area contributed by atoms with E-state index in [1.165, 1.54) is 13.2 Å². The van der Waals surface area contributed by atoms with Crippen LogP contribution in [0.1, 0.15) is 19.3 Å². The zero-order valence-corrected chi connectivity index (χ0v) is 10.8. The largest absolute Gasteiger partial charge is 0.496 e. The molecule has 19 heavy (non-hydrogen) atoms. The Bertz CT molecular complexity index is 464. The molecule has 1 aromatic carbocycles. The number of benzene rings is 1. The van der Waals surface area contributed by atoms with Gasteiger partial charge in [0.15, 0.2) is 0 Å². The second kappa shape index (κ2) is 5.88. The molecule has 6 heteroatoms. The SMILES string of the molecule is COc1ccc(NCC2CCC(O)C2)c([N+](=O)[O-])c1. The van der Waals surface area contributed by atoms with Crippen molar-refractivity contribution in [1.29, 1.82) is 0 Å². The molecule has 0 radical (unpaired) electrons. The van der Waals surface area contributed by atoms with E-state index in [2.05, 4.69) is 5.32 Å². The van der Waals surface area contributed by atoms with Gasteiger partial charge in [-0.05, 0) is 37.3 Å². The topological polar surface area (TPSA) is 84.6 Å². The number of hydrogen-bond acceptors (Lipinski definition) is 5. The summed E-state index contributed by atoms with van der Waals surface area (Å²) in [6.07, 6.45) is 2.31. The number of anilines is 1. The molecule has 0 aliphatic heterocycles. The summed E-state index contributed by atoms with van der Waals surface area (Å²) in [5.41, 5.74) is 0.505. The number of ether oxygens (including phenoxy) is 1. The first kappa shape index (κ1) is 13.6. The van der Waals surface area contributed by atoms with Gasteiger partial charge in [-0.15, -0.1) is 0 Å². The van der Waals surface area contributed by atoms with Crippen LogP contribution < -0.4 is 10.1 Å². The van der Waals surface area contributed by atoms with Crippen molar-refractivity contribution in [2.75, 3.05) is 19.0 Å². The highest BCUT2D eigenvalue weighted by Crippen LogP contribution is 2.31. The van der Waals surface area contributed by atoms with Crippen molar-refractivity contribution in [2.24, 2.45) is 5.92 Å². The van der Waals surface area contributed by atoms with Gasteiger partial charge in [-0.3, -0.25) is 10.1 Å². The Kier molecular flexibility index (Phi) is 4.21. The van der Waals surface area contributed by atoms with Gasteiger partial charge in [-0.2, -0.15) is 0 Å². The van der Waals surface area contributed by atoms with Crippen LogP contribution in [0.5, 0.6) is 5.75 Å². The Morgan fingerprint density at radius 1 is 1.53 bits per heavy atom. The number of aliphatic hydroxyl groups excluding tert-OH is 1. The number of hydrogen-bond donors (Lipinski definition) is 2. The highest BCUT2D eigenvalue weighted by atomic mass is 16.6. The molecule has 1 saturated carbocycles. The minimum atomic E-state index is -0.422. The van der Waals surface area contributed by atoms with Gasteiger partial charge < -0.3 is 15.2 Å². The van der Waals surface area contributed by atoms with Gasteiger partial charge in [0.2, 0.25) is 0 Å². The zero-order valence-electron chi connectivity index (χ0n) is 10.8. The highest BCUT2D eigenvalue weighted by molar-refractivity contribution is 5.63. The molecule has 6 nitrogen and oxygen atoms in total. The van der Waals surface area contributed by atoms with E-state index in [4.69, 9.17) is 4.74 Å². The maximum Gasteiger partial charge on any atom is 0.296 e. The average molecular weight is 266 g/mol. The third-order valence-electron chi connectivity index (χ3n) is 3.50. The lowest BCUT2D eigenvalue weighted by molar-refractivity contribution is -0.384. The Morgan fingerprint density at radius 2 is 2.32 bits per heavy atom. The van der Waals surface area contributed by atoms with Crippen LogP contribution in [-0.4, -0.2) is 29.8 Å². The molecule has 0 bridgehead atoms. The number of nitrogens with zero attached hydrogens (tertiary/aromatic N) is 1. The van der Waals surface area contributed by atoms with Crippen LogP contribution in [0.15, 0.2) is 18.2 Å². The summed E-state index contributed by atoms with van der Waals surface area (Å²) in [7, 11) is 1.48. The van der Waals surface area contributed by atoms with Crippen molar-refractivity contribution in [1.82, 2.24) is 0 Å². The summed E-state index contributed by atoms with van der Waals surface area (Å²) in [5, 5.41) is 23.6. The van der Waals surface area contributed by atoms with Crippen LogP contribution in [0, 0.1) is 16.0 Å². The molecular weight excluding hydrogens is 248 g/mol. The van der Waals surface area contributed by atoms with E-state index in [1.54, 1.807) is 12.1 Å². The average Bonchev–Trinajstić information content (AvgIpc) is 2.82. The number of nitro benzene ring substituents is 1. The van der Waals surface area contributed by atoms with E-state index in [-0.39, 0.29) is 11.8 Å². The van der Waals surface area contributed by atoms with E-state index >= 15 is 0 Å². The molecule has 2 N–H and O–H groups in total. The molecule has 2 atom stereocenters. The fourth-order valence-corrected chi connectivity index (χ4v) is 2.43. The van der Waals surface area contributed by atoms with E-state index in [0.717, 1.165) is 19.3 Å². The molecule has 0 spiro atoms. The summed E-state index contributed by atoms with van der Waals surface area (Å²) in [4.78, 5) is 10.6. The number of nitrogens with one attached hydrogen (secondary N) is 1. The van der Waals surface area contributed by atoms with Gasteiger partial charge in [0.1, 0.15) is 11.4 Å². The summed E-state index contributed by atoms with van der Waals surface area (Å²) in [6, 6.07) is 4.76. The Hall–Kier alpha value is -1.82. The van der Waals surface area contributed by atoms with E-state index in [1.807, 2.05) is 0 Å². The lowest BCUT2D eigenvalue weighted by Gasteiger charge is -2.12. The molecule has 1 aliphatic rings. The van der Waals surface area contributed by atoms with Gasteiger partial charge >= 0.3 is 0 Å². The van der Waals surface area contributed by atoms with Crippen molar-refractivity contribution >= 4 is 11.4 Å². The van der Waals surface area contributed by atoms with Crippen LogP contribution in [0.25, 0.3) is 0 Å². The molecule has 1 aromatic rings. The fraction of sp³-hybridized carbons (Fsp3) is 0.538. The van der Waals surface area contributed by atoms with E-state index < -0.39 is 4.92 Å². The van der Waals surface area contributed by atoms with Crippen LogP contribution in [0.2, 0.25) is 0 Å². The van der Waals surface area contributed by atoms with Gasteiger partial charge in [-0.25, -0.2) is 0 Å². The highest BCUT2D eigenvalue weighted by Gasteiger charge is 2.23. The first-order chi connectivity index (χ1) is 9.10. The van der Waals surface area contributed by atoms with Crippen molar-refractivity contribution in [3.63, 3.8) is 0 Å². The molecular formula is C13H18N2O4. The van der Waals surface area contributed by atoms with Crippen molar-refractivity contribution in [3.8, 4) is 5.75 Å². The van der Waals surface area contributed by atoms with Crippen LogP contribution in [-0.2, 0) is 0 Å². The standard InChI is InChI=1S/C13H18N2O4/c1-19-11-4-5-12(13(7-11)15(17)18)14-8-9-2-3-10(16)6-9/h4-5,7,9-10,14,16H,2-3,6,8H2,1H3. The lowest BCUT2D eigenvalue weighted by Crippen LogP contribution is -2.13. The van der Waals surface area contributed by atoms with Gasteiger partial charge in [0.05, 0.1) is 24.2 Å². The second-order valence-electron chi connectivity index (χ2n) is 4.85. The van der Waals surface area contributed by atoms with Crippen molar-refractivity contribution < 1.29 is 14.8 Å². The predicted molar refractivity (Wildman–Crippen MR) is 71.5 cm³/mol. The Labute approximate surface area is 111 Å². The van der Waals surface area contributed by atoms with E-state index in [9.17, 15) is 15.2 Å². The summed E-state index contributed by atoms with van der Waals surface area (Å²) in [6.45, 7) is 0.643. The molecule has 0 aromatic heterocycles. The molecule has 1 aliphatic carbocycles. The number of rotatable bonds is 5. The third kappa shape index (κ3) is 3.35. The minimum absolute atomic E-state index is 0.0119. The summed E-state index contributed by atoms with van der Waals surface area (Å²) < 4.78 is 4.99. The molecule has 0 heterocycles. The molecule has 2 unspecified atom stereocenters. The molecule has 0 amide bonds. The minimum Gasteiger partial charge on any atom is -0.496 e. The normalized spacial score (nSPS) is 22.2. The monoisotopic (exact) mass is 266 g/mol. The van der Waals surface area contributed by atoms with Crippen molar-refractivity contribution in [3.05, 3.63) is 28.3 Å². The number of methoxy groups -OCH3 is 1. The van der Waals surface area contributed by atoms with Gasteiger partial charge in [0, 0.05) is 6.54 Å². The Morgan fingerprint density at radius 3 is 2.89 bits per heavy atom. The maximum absolute atomic E-state index is 11.0. The van der Waals surface area contributed by atoms with Crippen LogP contribution in [0.4, 0.5) is 11.4 Å². The molecule has 1 fully saturated rings. The lowest BCUT2D eigenvalue weighted by atomic mass is 10.1. The number of nitro groups is 1. The van der Waals surface area contributed by atoms with Gasteiger partial charge in [0.25, 0.3) is 5.69 Å². The van der Waals surface area contributed by atoms with Crippen LogP contribution >= 0.6 is 0 Å². The molecule has 0 saturated heterocycles. The quantitative estimate of drug-likeness (QED) is 0.630. The first-order valence-electron chi connectivity index (χ1n) is 6.34. The zero-order chi connectivity index (χ0) is 13.8. The predicted octanol–water partition coefficient (Wildman–Crippen LogP) is 2.18.